The Hall–Kier alpha value is -2.08. The normalized spacial score (nSPS) is 10.9. The van der Waals surface area contributed by atoms with Gasteiger partial charge in [-0.1, -0.05) is 23.5 Å². The molecular weight excluding hydrogens is 273 g/mol. The number of fused-ring (bicyclic) bond motifs is 1. The molecule has 2 nitrogen and oxygen atoms in total. The van der Waals surface area contributed by atoms with Crippen molar-refractivity contribution in [2.24, 2.45) is 0 Å². The molecule has 3 aromatic rings. The van der Waals surface area contributed by atoms with Gasteiger partial charge in [0.1, 0.15) is 0 Å². The maximum absolute atomic E-state index is 13.5. The maximum Gasteiger partial charge on any atom is 0.196 e. The Bertz CT molecular complexity index is 722. The molecule has 6 heteroatoms. The Morgan fingerprint density at radius 1 is 0.947 bits per heavy atom. The summed E-state index contributed by atoms with van der Waals surface area (Å²) >= 11 is 1.31. The third-order valence-electron chi connectivity index (χ3n) is 2.57. The Morgan fingerprint density at radius 3 is 2.53 bits per heavy atom. The Morgan fingerprint density at radius 2 is 1.74 bits per heavy atom. The lowest BCUT2D eigenvalue weighted by atomic mass is 10.3. The van der Waals surface area contributed by atoms with Crippen molar-refractivity contribution in [3.8, 4) is 0 Å². The molecule has 0 bridgehead atoms. The van der Waals surface area contributed by atoms with E-state index in [4.69, 9.17) is 0 Å². The van der Waals surface area contributed by atoms with Gasteiger partial charge in [0.05, 0.1) is 15.9 Å². The smallest absolute Gasteiger partial charge is 0.196 e. The van der Waals surface area contributed by atoms with Crippen molar-refractivity contribution in [2.75, 3.05) is 5.32 Å². The summed E-state index contributed by atoms with van der Waals surface area (Å²) in [4.78, 5) is 4.23. The minimum absolute atomic E-state index is 0.141. The second-order valence-corrected chi connectivity index (χ2v) is 4.87. The van der Waals surface area contributed by atoms with Crippen LogP contribution in [0, 0.1) is 17.5 Å². The van der Waals surface area contributed by atoms with Crippen molar-refractivity contribution in [1.29, 1.82) is 0 Å². The van der Waals surface area contributed by atoms with Gasteiger partial charge in [0, 0.05) is 0 Å². The summed E-state index contributed by atoms with van der Waals surface area (Å²) in [5.74, 6) is -3.96. The summed E-state index contributed by atoms with van der Waals surface area (Å²) in [6.45, 7) is 0. The average Bonchev–Trinajstić information content (AvgIpc) is 2.82. The summed E-state index contributed by atoms with van der Waals surface area (Å²) in [6, 6.07) is 9.40. The number of hydrogen-bond donors (Lipinski definition) is 1. The van der Waals surface area contributed by atoms with Gasteiger partial charge >= 0.3 is 0 Å². The first-order valence-corrected chi connectivity index (χ1v) is 6.23. The first-order valence-electron chi connectivity index (χ1n) is 5.41. The third kappa shape index (κ3) is 2.15. The van der Waals surface area contributed by atoms with E-state index in [9.17, 15) is 13.2 Å². The monoisotopic (exact) mass is 280 g/mol. The zero-order chi connectivity index (χ0) is 13.4. The highest BCUT2D eigenvalue weighted by atomic mass is 32.1. The van der Waals surface area contributed by atoms with Crippen LogP contribution >= 0.6 is 11.3 Å². The van der Waals surface area contributed by atoms with Crippen molar-refractivity contribution >= 4 is 32.4 Å². The van der Waals surface area contributed by atoms with Crippen molar-refractivity contribution in [3.05, 3.63) is 53.8 Å². The maximum atomic E-state index is 13.5. The largest absolute Gasteiger partial charge is 0.329 e. The number of para-hydroxylation sites is 1. The summed E-state index contributed by atoms with van der Waals surface area (Å²) in [5.41, 5.74) is 0.621. The van der Waals surface area contributed by atoms with Crippen molar-refractivity contribution in [2.45, 2.75) is 0 Å². The van der Waals surface area contributed by atoms with E-state index in [1.54, 1.807) is 0 Å². The Kier molecular flexibility index (Phi) is 2.87. The minimum Gasteiger partial charge on any atom is -0.329 e. The Balaban J connectivity index is 1.99. The van der Waals surface area contributed by atoms with E-state index < -0.39 is 17.5 Å². The molecule has 0 atom stereocenters. The molecule has 0 aliphatic carbocycles. The topological polar surface area (TPSA) is 24.9 Å². The van der Waals surface area contributed by atoms with Crippen LogP contribution in [0.1, 0.15) is 0 Å². The van der Waals surface area contributed by atoms with E-state index in [2.05, 4.69) is 10.3 Å². The van der Waals surface area contributed by atoms with Crippen LogP contribution in [-0.4, -0.2) is 4.98 Å². The zero-order valence-corrected chi connectivity index (χ0v) is 10.3. The fraction of sp³-hybridized carbons (Fsp3) is 0. The van der Waals surface area contributed by atoms with Gasteiger partial charge in [0.15, 0.2) is 22.6 Å². The first kappa shape index (κ1) is 12.0. The van der Waals surface area contributed by atoms with Crippen LogP contribution < -0.4 is 5.32 Å². The number of nitrogens with one attached hydrogen (secondary N) is 1. The van der Waals surface area contributed by atoms with E-state index in [1.807, 2.05) is 24.3 Å². The van der Waals surface area contributed by atoms with Gasteiger partial charge in [-0.3, -0.25) is 0 Å². The highest BCUT2D eigenvalue weighted by Gasteiger charge is 2.14. The van der Waals surface area contributed by atoms with E-state index in [-0.39, 0.29) is 5.69 Å². The summed E-state index contributed by atoms with van der Waals surface area (Å²) in [6.07, 6.45) is 0. The van der Waals surface area contributed by atoms with Gasteiger partial charge in [-0.05, 0) is 24.3 Å². The van der Waals surface area contributed by atoms with E-state index >= 15 is 0 Å². The molecule has 0 unspecified atom stereocenters. The van der Waals surface area contributed by atoms with E-state index in [0.29, 0.717) is 5.13 Å². The third-order valence-corrected chi connectivity index (χ3v) is 3.52. The number of aromatic nitrogens is 1. The highest BCUT2D eigenvalue weighted by molar-refractivity contribution is 7.22. The highest BCUT2D eigenvalue weighted by Crippen LogP contribution is 2.29. The molecule has 0 radical (unpaired) electrons. The SMILES string of the molecule is Fc1ccc(Nc2nc3ccccc3s2)c(F)c1F. The lowest BCUT2D eigenvalue weighted by molar-refractivity contribution is 0.449. The number of thiazole rings is 1. The molecule has 2 aromatic carbocycles. The molecule has 1 heterocycles. The fourth-order valence-electron chi connectivity index (χ4n) is 1.66. The minimum atomic E-state index is -1.49. The average molecular weight is 280 g/mol. The first-order chi connectivity index (χ1) is 9.15. The summed E-state index contributed by atoms with van der Waals surface area (Å²) in [5, 5.41) is 3.08. The summed E-state index contributed by atoms with van der Waals surface area (Å²) in [7, 11) is 0. The fourth-order valence-corrected chi connectivity index (χ4v) is 2.54. The molecule has 0 aliphatic heterocycles. The number of benzene rings is 2. The van der Waals surface area contributed by atoms with Crippen LogP contribution in [0.5, 0.6) is 0 Å². The second kappa shape index (κ2) is 4.55. The van der Waals surface area contributed by atoms with Crippen LogP contribution in [0.15, 0.2) is 36.4 Å². The van der Waals surface area contributed by atoms with Gasteiger partial charge in [-0.15, -0.1) is 0 Å². The van der Waals surface area contributed by atoms with Crippen molar-refractivity contribution in [3.63, 3.8) is 0 Å². The molecule has 0 spiro atoms. The Labute approximate surface area is 110 Å². The van der Waals surface area contributed by atoms with Crippen molar-refractivity contribution in [1.82, 2.24) is 4.98 Å². The van der Waals surface area contributed by atoms with E-state index in [0.717, 1.165) is 22.3 Å². The molecule has 3 rings (SSSR count). The molecule has 0 fully saturated rings. The molecule has 1 N–H and O–H groups in total. The van der Waals surface area contributed by atoms with Crippen LogP contribution in [0.4, 0.5) is 24.0 Å². The number of anilines is 2. The molecule has 0 saturated heterocycles. The van der Waals surface area contributed by atoms with Crippen LogP contribution in [-0.2, 0) is 0 Å². The van der Waals surface area contributed by atoms with Gasteiger partial charge < -0.3 is 5.32 Å². The summed E-state index contributed by atoms with van der Waals surface area (Å²) < 4.78 is 40.3. The molecular formula is C13H7F3N2S. The number of hydrogen-bond acceptors (Lipinski definition) is 3. The zero-order valence-electron chi connectivity index (χ0n) is 9.45. The van der Waals surface area contributed by atoms with Crippen LogP contribution in [0.2, 0.25) is 0 Å². The second-order valence-electron chi connectivity index (χ2n) is 3.83. The quantitative estimate of drug-likeness (QED) is 0.701. The van der Waals surface area contributed by atoms with Gasteiger partial charge in [0.2, 0.25) is 0 Å². The van der Waals surface area contributed by atoms with Crippen molar-refractivity contribution < 1.29 is 13.2 Å². The lowest BCUT2D eigenvalue weighted by Gasteiger charge is -2.04. The molecule has 19 heavy (non-hydrogen) atoms. The predicted octanol–water partition coefficient (Wildman–Crippen LogP) is 4.46. The number of halogens is 3. The molecule has 1 aromatic heterocycles. The lowest BCUT2D eigenvalue weighted by Crippen LogP contribution is -1.98. The van der Waals surface area contributed by atoms with E-state index in [1.165, 1.54) is 11.3 Å². The number of nitrogens with zero attached hydrogens (tertiary/aromatic N) is 1. The standard InChI is InChI=1S/C13H7F3N2S/c14-7-5-6-9(12(16)11(7)15)18-13-17-8-3-1-2-4-10(8)19-13/h1-6H,(H,17,18). The van der Waals surface area contributed by atoms with Crippen LogP contribution in [0.25, 0.3) is 10.2 Å². The van der Waals surface area contributed by atoms with Crippen LogP contribution in [0.3, 0.4) is 0 Å². The predicted molar refractivity (Wildman–Crippen MR) is 69.2 cm³/mol. The van der Waals surface area contributed by atoms with Gasteiger partial charge in [0.25, 0.3) is 0 Å². The molecule has 0 aliphatic rings. The molecule has 96 valence electrons. The van der Waals surface area contributed by atoms with Gasteiger partial charge in [-0.2, -0.15) is 0 Å². The molecule has 0 amide bonds. The number of rotatable bonds is 2. The van der Waals surface area contributed by atoms with Gasteiger partial charge in [-0.25, -0.2) is 18.2 Å². The molecule has 0 saturated carbocycles.